The minimum absolute atomic E-state index is 0.0611. The fraction of sp³-hybridized carbons (Fsp3) is 1.00. The second kappa shape index (κ2) is 6.22. The molecule has 5 fully saturated rings. The van der Waals surface area contributed by atoms with Crippen molar-refractivity contribution < 1.29 is 9.78 Å². The predicted octanol–water partition coefficient (Wildman–Crippen LogP) is 7.17. The Morgan fingerprint density at radius 2 is 0.821 bits per heavy atom. The van der Waals surface area contributed by atoms with E-state index in [2.05, 4.69) is 41.5 Å². The number of hydrogen-bond donors (Lipinski definition) is 0. The van der Waals surface area contributed by atoms with Gasteiger partial charge in [0.15, 0.2) is 0 Å². The van der Waals surface area contributed by atoms with Gasteiger partial charge in [0.25, 0.3) is 0 Å². The van der Waals surface area contributed by atoms with Crippen LogP contribution in [0.5, 0.6) is 0 Å². The summed E-state index contributed by atoms with van der Waals surface area (Å²) >= 11 is 0. The summed E-state index contributed by atoms with van der Waals surface area (Å²) in [5.74, 6) is 4.61. The van der Waals surface area contributed by atoms with E-state index in [0.717, 1.165) is 35.5 Å². The Bertz CT molecular complexity index is 527. The second-order valence-corrected chi connectivity index (χ2v) is 13.5. The highest BCUT2D eigenvalue weighted by Crippen LogP contribution is 2.71. The van der Waals surface area contributed by atoms with Gasteiger partial charge in [-0.25, -0.2) is 9.78 Å². The third-order valence-corrected chi connectivity index (χ3v) is 10.3. The van der Waals surface area contributed by atoms with Gasteiger partial charge in [-0.05, 0) is 97.7 Å². The van der Waals surface area contributed by atoms with Crippen molar-refractivity contribution >= 4 is 0 Å². The summed E-state index contributed by atoms with van der Waals surface area (Å²) in [5.41, 5.74) is 0.969. The van der Waals surface area contributed by atoms with E-state index in [9.17, 15) is 0 Å². The normalized spacial score (nSPS) is 51.2. The van der Waals surface area contributed by atoms with E-state index in [1.807, 2.05) is 0 Å². The van der Waals surface area contributed by atoms with Crippen LogP contribution < -0.4 is 0 Å². The van der Waals surface area contributed by atoms with Crippen LogP contribution in [0, 0.1) is 46.3 Å². The van der Waals surface area contributed by atoms with Crippen LogP contribution in [0.4, 0.5) is 0 Å². The van der Waals surface area contributed by atoms with Gasteiger partial charge in [0, 0.05) is 0 Å². The molecule has 5 rings (SSSR count). The minimum atomic E-state index is 0.0611. The minimum Gasteiger partial charge on any atom is -0.226 e. The van der Waals surface area contributed by atoms with Crippen LogP contribution in [0.25, 0.3) is 0 Å². The molecule has 28 heavy (non-hydrogen) atoms. The van der Waals surface area contributed by atoms with Crippen molar-refractivity contribution in [2.75, 3.05) is 0 Å². The molecule has 8 atom stereocenters. The van der Waals surface area contributed by atoms with E-state index in [4.69, 9.17) is 9.78 Å². The zero-order valence-electron chi connectivity index (χ0n) is 19.4. The molecule has 4 aliphatic carbocycles. The van der Waals surface area contributed by atoms with E-state index < -0.39 is 0 Å². The summed E-state index contributed by atoms with van der Waals surface area (Å²) < 4.78 is 0. The molecule has 4 saturated carbocycles. The maximum Gasteiger partial charge on any atom is 0.142 e. The van der Waals surface area contributed by atoms with Crippen molar-refractivity contribution in [1.29, 1.82) is 0 Å². The van der Waals surface area contributed by atoms with E-state index >= 15 is 0 Å². The molecule has 2 heteroatoms. The van der Waals surface area contributed by atoms with E-state index in [1.54, 1.807) is 0 Å². The summed E-state index contributed by atoms with van der Waals surface area (Å²) in [6, 6.07) is 0. The smallest absolute Gasteiger partial charge is 0.142 e. The third-order valence-electron chi connectivity index (χ3n) is 10.3. The maximum absolute atomic E-state index is 6.44. The molecule has 2 spiro atoms. The molecule has 0 aromatic carbocycles. The molecular weight excluding hydrogens is 344 g/mol. The number of hydrogen-bond acceptors (Lipinski definition) is 2. The molecule has 0 aromatic heterocycles. The highest BCUT2D eigenvalue weighted by molar-refractivity contribution is 5.23. The second-order valence-electron chi connectivity index (χ2n) is 13.5. The van der Waals surface area contributed by atoms with Crippen molar-refractivity contribution in [2.45, 2.75) is 117 Å². The van der Waals surface area contributed by atoms with Crippen molar-refractivity contribution in [3.05, 3.63) is 0 Å². The quantitative estimate of drug-likeness (QED) is 0.409. The summed E-state index contributed by atoms with van der Waals surface area (Å²) in [6.07, 6.45) is 13.8. The van der Waals surface area contributed by atoms with Crippen molar-refractivity contribution in [1.82, 2.24) is 0 Å². The van der Waals surface area contributed by atoms with Gasteiger partial charge in [0.1, 0.15) is 11.2 Å². The topological polar surface area (TPSA) is 18.5 Å². The van der Waals surface area contributed by atoms with Crippen LogP contribution >= 0.6 is 0 Å². The SMILES string of the molecule is CC(C)(C)C1C[C@H]2CCC[C@@H](C1)C21OOC12[C@@H]1CCC[C@H]2CC(C(C)(C)C)C1. The van der Waals surface area contributed by atoms with Crippen LogP contribution in [-0.2, 0) is 9.78 Å². The Labute approximate surface area is 173 Å². The fourth-order valence-electron chi connectivity index (χ4n) is 8.68. The standard InChI is InChI=1S/C26H44O2/c1-23(2,3)21-13-17-9-7-10-18(14-21)25(17)26(28-27-25)19-11-8-12-20(26)16-22(15-19)24(4,5)6/h17-22H,7-16H2,1-6H3/t17-,18+,19-,20+,21?,22?,25?,26?. The first-order chi connectivity index (χ1) is 13.1. The van der Waals surface area contributed by atoms with E-state index in [-0.39, 0.29) is 11.2 Å². The first kappa shape index (κ1) is 19.9. The lowest BCUT2D eigenvalue weighted by Crippen LogP contribution is -2.82. The van der Waals surface area contributed by atoms with Crippen LogP contribution in [-0.4, -0.2) is 11.2 Å². The molecule has 0 radical (unpaired) electrons. The lowest BCUT2D eigenvalue weighted by atomic mass is 9.41. The molecule has 4 unspecified atom stereocenters. The molecule has 0 N–H and O–H groups in total. The lowest BCUT2D eigenvalue weighted by molar-refractivity contribution is -0.609. The molecular formula is C26H44O2. The molecule has 1 heterocycles. The molecule has 160 valence electrons. The first-order valence-electron chi connectivity index (χ1n) is 12.5. The highest BCUT2D eigenvalue weighted by Gasteiger charge is 2.78. The van der Waals surface area contributed by atoms with Crippen molar-refractivity contribution in [2.24, 2.45) is 46.3 Å². The largest absolute Gasteiger partial charge is 0.226 e. The van der Waals surface area contributed by atoms with Crippen LogP contribution in [0.3, 0.4) is 0 Å². The average Bonchev–Trinajstić information content (AvgIpc) is 2.56. The highest BCUT2D eigenvalue weighted by atomic mass is 17.3. The molecule has 0 aromatic rings. The molecule has 1 saturated heterocycles. The molecule has 4 bridgehead atoms. The van der Waals surface area contributed by atoms with Crippen LogP contribution in [0.1, 0.15) is 106 Å². The molecule has 5 aliphatic rings. The maximum atomic E-state index is 6.44. The zero-order chi connectivity index (χ0) is 19.9. The summed E-state index contributed by atoms with van der Waals surface area (Å²) in [7, 11) is 0. The van der Waals surface area contributed by atoms with Gasteiger partial charge in [0.2, 0.25) is 0 Å². The Balaban J connectivity index is 1.50. The van der Waals surface area contributed by atoms with Gasteiger partial charge < -0.3 is 0 Å². The first-order valence-corrected chi connectivity index (χ1v) is 12.5. The Morgan fingerprint density at radius 3 is 1.04 bits per heavy atom. The van der Waals surface area contributed by atoms with Crippen LogP contribution in [0.15, 0.2) is 0 Å². The van der Waals surface area contributed by atoms with E-state index in [1.165, 1.54) is 64.2 Å². The van der Waals surface area contributed by atoms with Gasteiger partial charge in [0.05, 0.1) is 0 Å². The van der Waals surface area contributed by atoms with Crippen molar-refractivity contribution in [3.63, 3.8) is 0 Å². The molecule has 2 nitrogen and oxygen atoms in total. The van der Waals surface area contributed by atoms with Gasteiger partial charge >= 0.3 is 0 Å². The number of rotatable bonds is 0. The average molecular weight is 389 g/mol. The summed E-state index contributed by atoms with van der Waals surface area (Å²) in [6.45, 7) is 14.8. The monoisotopic (exact) mass is 388 g/mol. The molecule has 1 aliphatic heterocycles. The zero-order valence-corrected chi connectivity index (χ0v) is 19.4. The summed E-state index contributed by atoms with van der Waals surface area (Å²) in [5, 5.41) is 0. The summed E-state index contributed by atoms with van der Waals surface area (Å²) in [4.78, 5) is 12.9. The molecule has 0 amide bonds. The van der Waals surface area contributed by atoms with Crippen LogP contribution in [0.2, 0.25) is 0 Å². The fourth-order valence-corrected chi connectivity index (χ4v) is 8.68. The van der Waals surface area contributed by atoms with Gasteiger partial charge in [-0.2, -0.15) is 0 Å². The van der Waals surface area contributed by atoms with Gasteiger partial charge in [-0.15, -0.1) is 0 Å². The van der Waals surface area contributed by atoms with Crippen molar-refractivity contribution in [3.8, 4) is 0 Å². The Morgan fingerprint density at radius 1 is 0.536 bits per heavy atom. The third kappa shape index (κ3) is 2.52. The van der Waals surface area contributed by atoms with Gasteiger partial charge in [-0.1, -0.05) is 54.4 Å². The van der Waals surface area contributed by atoms with E-state index in [0.29, 0.717) is 10.8 Å². The Kier molecular flexibility index (Phi) is 4.41. The lowest BCUT2D eigenvalue weighted by Gasteiger charge is -2.74. The Hall–Kier alpha value is -0.0800. The predicted molar refractivity (Wildman–Crippen MR) is 114 cm³/mol. The van der Waals surface area contributed by atoms with Gasteiger partial charge in [-0.3, -0.25) is 0 Å².